The van der Waals surface area contributed by atoms with Gasteiger partial charge in [0.2, 0.25) is 5.89 Å². The van der Waals surface area contributed by atoms with E-state index >= 15 is 0 Å². The largest absolute Gasteiger partial charge is 0.444 e. The highest BCUT2D eigenvalue weighted by Gasteiger charge is 2.18. The van der Waals surface area contributed by atoms with Crippen molar-refractivity contribution in [3.63, 3.8) is 0 Å². The zero-order chi connectivity index (χ0) is 14.1. The van der Waals surface area contributed by atoms with Gasteiger partial charge in [-0.1, -0.05) is 0 Å². The summed E-state index contributed by atoms with van der Waals surface area (Å²) < 4.78 is 7.55. The number of imidazole rings is 1. The van der Waals surface area contributed by atoms with Gasteiger partial charge < -0.3 is 14.7 Å². The number of aryl methyl sites for hydroxylation is 1. The third-order valence-corrected chi connectivity index (χ3v) is 3.21. The van der Waals surface area contributed by atoms with Gasteiger partial charge in [0.25, 0.3) is 0 Å². The van der Waals surface area contributed by atoms with E-state index in [2.05, 4.69) is 15.0 Å². The van der Waals surface area contributed by atoms with Crippen LogP contribution in [0.25, 0.3) is 11.3 Å². The SMILES string of the molecule is Cc1cnc(C(C)n2cncc2-c2cnccc2N)o1. The van der Waals surface area contributed by atoms with Gasteiger partial charge in [0.1, 0.15) is 11.8 Å². The average molecular weight is 269 g/mol. The molecule has 0 bridgehead atoms. The highest BCUT2D eigenvalue weighted by molar-refractivity contribution is 5.72. The Morgan fingerprint density at radius 1 is 1.25 bits per heavy atom. The van der Waals surface area contributed by atoms with Crippen molar-refractivity contribution in [2.24, 2.45) is 0 Å². The molecule has 6 heteroatoms. The van der Waals surface area contributed by atoms with E-state index in [0.29, 0.717) is 11.6 Å². The van der Waals surface area contributed by atoms with Crippen LogP contribution >= 0.6 is 0 Å². The molecular weight excluding hydrogens is 254 g/mol. The fourth-order valence-corrected chi connectivity index (χ4v) is 2.13. The number of nitrogens with zero attached hydrogens (tertiary/aromatic N) is 4. The second-order valence-electron chi connectivity index (χ2n) is 4.63. The standard InChI is InChI=1S/C14H15N5O/c1-9-5-18-14(20-9)10(2)19-8-17-7-13(19)11-6-16-4-3-12(11)15/h3-8,10H,1-2H3,(H2,15,16). The predicted octanol–water partition coefficient (Wildman–Crippen LogP) is 2.43. The van der Waals surface area contributed by atoms with Crippen LogP contribution in [-0.2, 0) is 0 Å². The molecule has 3 aromatic rings. The molecule has 1 unspecified atom stereocenters. The van der Waals surface area contributed by atoms with Gasteiger partial charge in [0.05, 0.1) is 24.4 Å². The molecule has 0 fully saturated rings. The minimum Gasteiger partial charge on any atom is -0.444 e. The second kappa shape index (κ2) is 4.80. The molecule has 20 heavy (non-hydrogen) atoms. The molecule has 1 atom stereocenters. The summed E-state index contributed by atoms with van der Waals surface area (Å²) in [6.07, 6.45) is 8.61. The lowest BCUT2D eigenvalue weighted by Gasteiger charge is -2.14. The van der Waals surface area contributed by atoms with Gasteiger partial charge >= 0.3 is 0 Å². The average Bonchev–Trinajstić information content (AvgIpc) is 3.07. The molecule has 3 heterocycles. The van der Waals surface area contributed by atoms with E-state index in [9.17, 15) is 0 Å². The van der Waals surface area contributed by atoms with Gasteiger partial charge in [-0.15, -0.1) is 0 Å². The Hall–Kier alpha value is -2.63. The van der Waals surface area contributed by atoms with Crippen LogP contribution in [0, 0.1) is 6.92 Å². The molecule has 0 aliphatic carbocycles. The molecule has 102 valence electrons. The van der Waals surface area contributed by atoms with Crippen molar-refractivity contribution in [3.8, 4) is 11.3 Å². The summed E-state index contributed by atoms with van der Waals surface area (Å²) in [6, 6.07) is 1.70. The molecule has 0 radical (unpaired) electrons. The van der Waals surface area contributed by atoms with Crippen LogP contribution < -0.4 is 5.73 Å². The lowest BCUT2D eigenvalue weighted by molar-refractivity contribution is 0.416. The normalized spacial score (nSPS) is 12.5. The van der Waals surface area contributed by atoms with Crippen LogP contribution in [0.5, 0.6) is 0 Å². The summed E-state index contributed by atoms with van der Waals surface area (Å²) in [4.78, 5) is 12.6. The Morgan fingerprint density at radius 2 is 2.10 bits per heavy atom. The van der Waals surface area contributed by atoms with E-state index in [1.54, 1.807) is 37.2 Å². The maximum atomic E-state index is 6.00. The molecule has 3 aromatic heterocycles. The minimum absolute atomic E-state index is 0.0687. The summed E-state index contributed by atoms with van der Waals surface area (Å²) >= 11 is 0. The zero-order valence-corrected chi connectivity index (χ0v) is 11.3. The van der Waals surface area contributed by atoms with E-state index in [1.165, 1.54) is 0 Å². The molecule has 3 rings (SSSR count). The molecule has 0 aliphatic heterocycles. The number of oxazole rings is 1. The zero-order valence-electron chi connectivity index (χ0n) is 11.3. The van der Waals surface area contributed by atoms with Crippen molar-refractivity contribution in [2.45, 2.75) is 19.9 Å². The first kappa shape index (κ1) is 12.4. The van der Waals surface area contributed by atoms with Crippen LogP contribution in [-0.4, -0.2) is 19.5 Å². The Balaban J connectivity index is 2.05. The van der Waals surface area contributed by atoms with Gasteiger partial charge in [-0.3, -0.25) is 4.98 Å². The number of hydrogen-bond acceptors (Lipinski definition) is 5. The van der Waals surface area contributed by atoms with Crippen LogP contribution in [0.3, 0.4) is 0 Å². The minimum atomic E-state index is -0.0687. The van der Waals surface area contributed by atoms with E-state index in [-0.39, 0.29) is 6.04 Å². The Labute approximate surface area is 116 Å². The van der Waals surface area contributed by atoms with Crippen molar-refractivity contribution in [1.82, 2.24) is 19.5 Å². The topological polar surface area (TPSA) is 82.8 Å². The van der Waals surface area contributed by atoms with E-state index in [0.717, 1.165) is 17.0 Å². The monoisotopic (exact) mass is 269 g/mol. The summed E-state index contributed by atoms with van der Waals surface area (Å²) in [7, 11) is 0. The van der Waals surface area contributed by atoms with Crippen molar-refractivity contribution >= 4 is 5.69 Å². The first-order valence-electron chi connectivity index (χ1n) is 6.31. The Kier molecular flexibility index (Phi) is 2.98. The van der Waals surface area contributed by atoms with Crippen molar-refractivity contribution in [3.05, 3.63) is 48.8 Å². The smallest absolute Gasteiger partial charge is 0.217 e. The first-order chi connectivity index (χ1) is 9.66. The van der Waals surface area contributed by atoms with E-state index < -0.39 is 0 Å². The molecule has 0 amide bonds. The van der Waals surface area contributed by atoms with Crippen LogP contribution in [0.2, 0.25) is 0 Å². The fraction of sp³-hybridized carbons (Fsp3) is 0.214. The van der Waals surface area contributed by atoms with Crippen LogP contribution in [0.1, 0.15) is 24.6 Å². The first-order valence-corrected chi connectivity index (χ1v) is 6.31. The van der Waals surface area contributed by atoms with Gasteiger partial charge in [0, 0.05) is 23.6 Å². The lowest BCUT2D eigenvalue weighted by atomic mass is 10.1. The Morgan fingerprint density at radius 3 is 2.80 bits per heavy atom. The third kappa shape index (κ3) is 2.05. The maximum Gasteiger partial charge on any atom is 0.217 e. The summed E-state index contributed by atoms with van der Waals surface area (Å²) in [5.41, 5.74) is 8.40. The highest BCUT2D eigenvalue weighted by Crippen LogP contribution is 2.28. The summed E-state index contributed by atoms with van der Waals surface area (Å²) in [6.45, 7) is 3.88. The molecule has 0 spiro atoms. The number of hydrogen-bond donors (Lipinski definition) is 1. The molecule has 0 saturated heterocycles. The number of nitrogens with two attached hydrogens (primary N) is 1. The molecule has 0 aliphatic rings. The number of aromatic nitrogens is 4. The van der Waals surface area contributed by atoms with Gasteiger partial charge in [-0.05, 0) is 19.9 Å². The molecule has 0 saturated carbocycles. The highest BCUT2D eigenvalue weighted by atomic mass is 16.4. The van der Waals surface area contributed by atoms with Crippen molar-refractivity contribution in [2.75, 3.05) is 5.73 Å². The molecule has 2 N–H and O–H groups in total. The Bertz CT molecular complexity index is 731. The predicted molar refractivity (Wildman–Crippen MR) is 74.9 cm³/mol. The quantitative estimate of drug-likeness (QED) is 0.789. The molecule has 6 nitrogen and oxygen atoms in total. The number of pyridine rings is 1. The van der Waals surface area contributed by atoms with Crippen molar-refractivity contribution in [1.29, 1.82) is 0 Å². The van der Waals surface area contributed by atoms with Crippen molar-refractivity contribution < 1.29 is 4.42 Å². The van der Waals surface area contributed by atoms with Gasteiger partial charge in [0.15, 0.2) is 0 Å². The van der Waals surface area contributed by atoms with Crippen LogP contribution in [0.15, 0.2) is 41.6 Å². The van der Waals surface area contributed by atoms with E-state index in [4.69, 9.17) is 10.2 Å². The molecule has 0 aromatic carbocycles. The maximum absolute atomic E-state index is 6.00. The number of rotatable bonds is 3. The summed E-state index contributed by atoms with van der Waals surface area (Å²) in [5.74, 6) is 1.43. The van der Waals surface area contributed by atoms with Gasteiger partial charge in [-0.25, -0.2) is 9.97 Å². The fourth-order valence-electron chi connectivity index (χ4n) is 2.13. The molecular formula is C14H15N5O. The lowest BCUT2D eigenvalue weighted by Crippen LogP contribution is -2.08. The third-order valence-electron chi connectivity index (χ3n) is 3.21. The van der Waals surface area contributed by atoms with Crippen LogP contribution in [0.4, 0.5) is 5.69 Å². The van der Waals surface area contributed by atoms with Gasteiger partial charge in [-0.2, -0.15) is 0 Å². The number of nitrogen functional groups attached to an aromatic ring is 1. The summed E-state index contributed by atoms with van der Waals surface area (Å²) in [5, 5.41) is 0. The van der Waals surface area contributed by atoms with E-state index in [1.807, 2.05) is 18.4 Å². The number of anilines is 1. The second-order valence-corrected chi connectivity index (χ2v) is 4.63.